The number of methoxy groups -OCH3 is 1. The van der Waals surface area contributed by atoms with E-state index in [0.29, 0.717) is 11.9 Å². The molecule has 2 aromatic rings. The van der Waals surface area contributed by atoms with Gasteiger partial charge in [0.05, 0.1) is 12.1 Å². The zero-order chi connectivity index (χ0) is 17.3. The summed E-state index contributed by atoms with van der Waals surface area (Å²) in [6.07, 6.45) is 6.03. The second-order valence-electron chi connectivity index (χ2n) is 7.20. The monoisotopic (exact) mass is 342 g/mol. The first-order valence-corrected chi connectivity index (χ1v) is 9.11. The Morgan fingerprint density at radius 2 is 2.20 bits per heavy atom. The molecule has 0 unspecified atom stereocenters. The van der Waals surface area contributed by atoms with E-state index >= 15 is 0 Å². The minimum Gasteiger partial charge on any atom is -0.474 e. The van der Waals surface area contributed by atoms with Crippen molar-refractivity contribution in [1.82, 2.24) is 9.88 Å². The fourth-order valence-electron chi connectivity index (χ4n) is 4.41. The Morgan fingerprint density at radius 3 is 2.92 bits per heavy atom. The van der Waals surface area contributed by atoms with Crippen LogP contribution in [0.1, 0.15) is 37.2 Å². The van der Waals surface area contributed by atoms with E-state index in [9.17, 15) is 0 Å². The van der Waals surface area contributed by atoms with Crippen LogP contribution in [0.5, 0.6) is 5.88 Å². The number of hydrogen-bond acceptors (Lipinski definition) is 5. The van der Waals surface area contributed by atoms with Gasteiger partial charge in [-0.3, -0.25) is 4.90 Å². The molecule has 2 aromatic heterocycles. The van der Waals surface area contributed by atoms with E-state index in [4.69, 9.17) is 13.9 Å². The molecular formula is C20H26N2O3. The Hall–Kier alpha value is -1.85. The highest BCUT2D eigenvalue weighted by molar-refractivity contribution is 5.13. The molecule has 5 nitrogen and oxygen atoms in total. The number of hydrogen-bond donors (Lipinski definition) is 0. The van der Waals surface area contributed by atoms with Gasteiger partial charge in [-0.05, 0) is 44.4 Å². The molecule has 2 fully saturated rings. The maximum atomic E-state index is 6.14. The Labute approximate surface area is 148 Å². The molecule has 1 aliphatic heterocycles. The van der Waals surface area contributed by atoms with Gasteiger partial charge in [0.1, 0.15) is 17.6 Å². The predicted molar refractivity (Wildman–Crippen MR) is 94.5 cm³/mol. The minimum absolute atomic E-state index is 0.0500. The van der Waals surface area contributed by atoms with Crippen molar-refractivity contribution >= 4 is 0 Å². The van der Waals surface area contributed by atoms with Crippen LogP contribution >= 0.6 is 0 Å². The van der Waals surface area contributed by atoms with Gasteiger partial charge in [0.15, 0.2) is 0 Å². The van der Waals surface area contributed by atoms with Gasteiger partial charge >= 0.3 is 0 Å². The Balaban J connectivity index is 1.48. The summed E-state index contributed by atoms with van der Waals surface area (Å²) in [5.41, 5.74) is -0.0500. The molecule has 134 valence electrons. The van der Waals surface area contributed by atoms with Crippen LogP contribution < -0.4 is 4.74 Å². The minimum atomic E-state index is -0.0500. The first kappa shape index (κ1) is 16.6. The molecule has 3 atom stereocenters. The molecule has 0 bridgehead atoms. The lowest BCUT2D eigenvalue weighted by Gasteiger charge is -2.43. The number of aryl methyl sites for hydroxylation is 1. The number of aromatic nitrogens is 1. The summed E-state index contributed by atoms with van der Waals surface area (Å²) in [5.74, 6) is 2.70. The quantitative estimate of drug-likeness (QED) is 0.831. The van der Waals surface area contributed by atoms with Crippen LogP contribution in [0.2, 0.25) is 0 Å². The van der Waals surface area contributed by atoms with Crippen molar-refractivity contribution in [2.45, 2.75) is 56.9 Å². The average molecular weight is 342 g/mol. The van der Waals surface area contributed by atoms with Crippen LogP contribution in [0.15, 0.2) is 40.9 Å². The maximum Gasteiger partial charge on any atom is 0.213 e. The smallest absolute Gasteiger partial charge is 0.213 e. The van der Waals surface area contributed by atoms with Crippen molar-refractivity contribution in [3.8, 4) is 5.88 Å². The predicted octanol–water partition coefficient (Wildman–Crippen LogP) is 3.57. The Morgan fingerprint density at radius 1 is 1.28 bits per heavy atom. The highest BCUT2D eigenvalue weighted by Gasteiger charge is 2.51. The van der Waals surface area contributed by atoms with E-state index in [-0.39, 0.29) is 11.7 Å². The fourth-order valence-corrected chi connectivity index (χ4v) is 4.41. The topological polar surface area (TPSA) is 47.7 Å². The summed E-state index contributed by atoms with van der Waals surface area (Å²) < 4.78 is 18.0. The molecule has 0 N–H and O–H groups in total. The third kappa shape index (κ3) is 3.31. The summed E-state index contributed by atoms with van der Waals surface area (Å²) in [5, 5.41) is 0. The highest BCUT2D eigenvalue weighted by atomic mass is 16.5. The van der Waals surface area contributed by atoms with Crippen LogP contribution in [0.3, 0.4) is 0 Å². The molecule has 0 radical (unpaired) electrons. The molecule has 1 saturated carbocycles. The van der Waals surface area contributed by atoms with E-state index < -0.39 is 0 Å². The second-order valence-corrected chi connectivity index (χ2v) is 7.20. The molecule has 0 amide bonds. The molecule has 25 heavy (non-hydrogen) atoms. The van der Waals surface area contributed by atoms with Gasteiger partial charge in [0.2, 0.25) is 5.88 Å². The molecule has 0 spiro atoms. The molecule has 3 heterocycles. The summed E-state index contributed by atoms with van der Waals surface area (Å²) in [6.45, 7) is 3.86. The number of furan rings is 1. The van der Waals surface area contributed by atoms with Gasteiger partial charge in [-0.25, -0.2) is 4.98 Å². The van der Waals surface area contributed by atoms with Gasteiger partial charge in [0.25, 0.3) is 0 Å². The van der Waals surface area contributed by atoms with Crippen molar-refractivity contribution in [3.05, 3.63) is 48.0 Å². The molecule has 1 saturated heterocycles. The van der Waals surface area contributed by atoms with Crippen LogP contribution in [-0.2, 0) is 11.3 Å². The van der Waals surface area contributed by atoms with Gasteiger partial charge in [-0.1, -0.05) is 6.07 Å². The lowest BCUT2D eigenvalue weighted by molar-refractivity contribution is -0.0848. The van der Waals surface area contributed by atoms with Crippen molar-refractivity contribution in [3.63, 3.8) is 0 Å². The Bertz CT molecular complexity index is 702. The van der Waals surface area contributed by atoms with Crippen molar-refractivity contribution in [2.75, 3.05) is 13.7 Å². The first-order chi connectivity index (χ1) is 12.2. The number of ether oxygens (including phenoxy) is 2. The van der Waals surface area contributed by atoms with Crippen LogP contribution in [0.4, 0.5) is 0 Å². The number of likely N-dealkylation sites (tertiary alicyclic amines) is 1. The summed E-state index contributed by atoms with van der Waals surface area (Å²) >= 11 is 0. The van der Waals surface area contributed by atoms with Crippen LogP contribution in [-0.4, -0.2) is 41.3 Å². The summed E-state index contributed by atoms with van der Waals surface area (Å²) in [6, 6.07) is 10.3. The van der Waals surface area contributed by atoms with E-state index in [1.807, 2.05) is 38.3 Å². The van der Waals surface area contributed by atoms with E-state index in [1.54, 1.807) is 6.20 Å². The highest BCUT2D eigenvalue weighted by Crippen LogP contribution is 2.43. The van der Waals surface area contributed by atoms with Gasteiger partial charge in [-0.15, -0.1) is 0 Å². The molecule has 1 aliphatic carbocycles. The average Bonchev–Trinajstić information content (AvgIpc) is 3.21. The van der Waals surface area contributed by atoms with Crippen LogP contribution in [0, 0.1) is 6.92 Å². The SMILES string of the molecule is CO[C@@]12CC[C@H](Oc3ccccn3)C[C@@H]1N(Cc1ccc(C)o1)CC2. The van der Waals surface area contributed by atoms with E-state index in [0.717, 1.165) is 50.3 Å². The normalized spacial score (nSPS) is 29.5. The Kier molecular flexibility index (Phi) is 4.52. The summed E-state index contributed by atoms with van der Waals surface area (Å²) in [7, 11) is 1.85. The lowest BCUT2D eigenvalue weighted by Crippen LogP contribution is -2.52. The maximum absolute atomic E-state index is 6.14. The van der Waals surface area contributed by atoms with Gasteiger partial charge in [0, 0.05) is 38.4 Å². The number of nitrogens with zero attached hydrogens (tertiary/aromatic N) is 2. The summed E-state index contributed by atoms with van der Waals surface area (Å²) in [4.78, 5) is 6.80. The van der Waals surface area contributed by atoms with Crippen molar-refractivity contribution in [1.29, 1.82) is 0 Å². The largest absolute Gasteiger partial charge is 0.474 e. The number of pyridine rings is 1. The third-order valence-corrected chi connectivity index (χ3v) is 5.73. The van der Waals surface area contributed by atoms with E-state index in [2.05, 4.69) is 16.0 Å². The molecule has 5 heteroatoms. The van der Waals surface area contributed by atoms with Crippen LogP contribution in [0.25, 0.3) is 0 Å². The first-order valence-electron chi connectivity index (χ1n) is 9.11. The van der Waals surface area contributed by atoms with Crippen molar-refractivity contribution in [2.24, 2.45) is 0 Å². The second kappa shape index (κ2) is 6.81. The molecular weight excluding hydrogens is 316 g/mol. The lowest BCUT2D eigenvalue weighted by atomic mass is 9.79. The molecule has 2 aliphatic rings. The zero-order valence-electron chi connectivity index (χ0n) is 15.0. The number of rotatable bonds is 5. The van der Waals surface area contributed by atoms with Gasteiger partial charge < -0.3 is 13.9 Å². The third-order valence-electron chi connectivity index (χ3n) is 5.73. The zero-order valence-corrected chi connectivity index (χ0v) is 15.0. The van der Waals surface area contributed by atoms with Crippen molar-refractivity contribution < 1.29 is 13.9 Å². The van der Waals surface area contributed by atoms with E-state index in [1.165, 1.54) is 0 Å². The number of fused-ring (bicyclic) bond motifs is 1. The van der Waals surface area contributed by atoms with Gasteiger partial charge in [-0.2, -0.15) is 0 Å². The molecule has 4 rings (SSSR count). The fraction of sp³-hybridized carbons (Fsp3) is 0.550. The molecule has 0 aromatic carbocycles. The standard InChI is InChI=1S/C20H26N2O3/c1-15-6-7-17(24-15)14-22-12-10-20(23-2)9-8-16(13-18(20)22)25-19-5-3-4-11-21-19/h3-7,11,16,18H,8-10,12-14H2,1-2H3/t16-,18-,20+/m0/s1.